The summed E-state index contributed by atoms with van der Waals surface area (Å²) in [6, 6.07) is 0.562. The van der Waals surface area contributed by atoms with Gasteiger partial charge in [0.1, 0.15) is 0 Å². The Kier molecular flexibility index (Phi) is 5.67. The van der Waals surface area contributed by atoms with E-state index in [-0.39, 0.29) is 12.2 Å². The molecule has 2 aliphatic rings. The summed E-state index contributed by atoms with van der Waals surface area (Å²) in [4.78, 5) is 17.4. The molecular weight excluding hydrogens is 262 g/mol. The molecular formula is C17H33N3O. The Morgan fingerprint density at radius 3 is 2.57 bits per heavy atom. The van der Waals surface area contributed by atoms with Crippen LogP contribution >= 0.6 is 0 Å². The Morgan fingerprint density at radius 1 is 1.29 bits per heavy atom. The molecule has 0 radical (unpaired) electrons. The first-order chi connectivity index (χ1) is 9.93. The number of rotatable bonds is 6. The molecule has 2 heterocycles. The monoisotopic (exact) mass is 295 g/mol. The van der Waals surface area contributed by atoms with Crippen molar-refractivity contribution in [3.8, 4) is 0 Å². The molecule has 0 aromatic rings. The number of carbonyl (C=O) groups excluding carboxylic acids is 1. The fourth-order valence-electron chi connectivity index (χ4n) is 3.78. The normalized spacial score (nSPS) is 31.1. The zero-order valence-electron chi connectivity index (χ0n) is 14.4. The molecule has 2 fully saturated rings. The van der Waals surface area contributed by atoms with Crippen LogP contribution in [0.3, 0.4) is 0 Å². The molecule has 21 heavy (non-hydrogen) atoms. The molecule has 0 aromatic carbocycles. The highest BCUT2D eigenvalue weighted by molar-refractivity contribution is 5.84. The summed E-state index contributed by atoms with van der Waals surface area (Å²) >= 11 is 0. The number of hydrogen-bond donors (Lipinski definition) is 1. The number of amides is 1. The first kappa shape index (κ1) is 16.8. The molecule has 1 amide bonds. The minimum Gasteiger partial charge on any atom is -0.324 e. The molecule has 122 valence electrons. The van der Waals surface area contributed by atoms with E-state index < -0.39 is 0 Å². The van der Waals surface area contributed by atoms with Gasteiger partial charge in [-0.15, -0.1) is 0 Å². The zero-order chi connectivity index (χ0) is 15.6. The first-order valence-corrected chi connectivity index (χ1v) is 8.74. The van der Waals surface area contributed by atoms with Gasteiger partial charge in [-0.3, -0.25) is 15.0 Å². The fraction of sp³-hybridized carbons (Fsp3) is 0.941. The van der Waals surface area contributed by atoms with Crippen LogP contribution in [0.4, 0.5) is 0 Å². The highest BCUT2D eigenvalue weighted by atomic mass is 16.2. The van der Waals surface area contributed by atoms with Gasteiger partial charge in [0, 0.05) is 12.6 Å². The number of likely N-dealkylation sites (N-methyl/N-ethyl adjacent to an activating group) is 1. The van der Waals surface area contributed by atoms with E-state index in [0.717, 1.165) is 19.5 Å². The Hall–Kier alpha value is -0.610. The van der Waals surface area contributed by atoms with Gasteiger partial charge in [0.05, 0.1) is 12.2 Å². The van der Waals surface area contributed by atoms with E-state index in [2.05, 4.69) is 49.7 Å². The Morgan fingerprint density at radius 2 is 2.00 bits per heavy atom. The van der Waals surface area contributed by atoms with Crippen molar-refractivity contribution in [2.75, 3.05) is 19.6 Å². The summed E-state index contributed by atoms with van der Waals surface area (Å²) in [5.74, 6) is 1.29. The number of nitrogens with one attached hydrogen (secondary N) is 1. The van der Waals surface area contributed by atoms with E-state index >= 15 is 0 Å². The van der Waals surface area contributed by atoms with Crippen molar-refractivity contribution in [2.24, 2.45) is 11.8 Å². The molecule has 4 nitrogen and oxygen atoms in total. The van der Waals surface area contributed by atoms with Crippen LogP contribution in [0.15, 0.2) is 0 Å². The van der Waals surface area contributed by atoms with Crippen molar-refractivity contribution >= 4 is 5.91 Å². The van der Waals surface area contributed by atoms with Gasteiger partial charge in [0.2, 0.25) is 5.91 Å². The van der Waals surface area contributed by atoms with Gasteiger partial charge in [-0.1, -0.05) is 34.6 Å². The lowest BCUT2D eigenvalue weighted by Crippen LogP contribution is -2.46. The van der Waals surface area contributed by atoms with Crippen molar-refractivity contribution in [3.05, 3.63) is 0 Å². The van der Waals surface area contributed by atoms with Gasteiger partial charge in [0.25, 0.3) is 0 Å². The van der Waals surface area contributed by atoms with Gasteiger partial charge in [-0.25, -0.2) is 0 Å². The zero-order valence-corrected chi connectivity index (χ0v) is 14.4. The average molecular weight is 295 g/mol. The SMILES string of the molecule is CCN1CCCC1CN1C(=O)C(C(C)C)NC1CC(C)C. The summed E-state index contributed by atoms with van der Waals surface area (Å²) in [5.41, 5.74) is 0. The van der Waals surface area contributed by atoms with Gasteiger partial charge in [-0.2, -0.15) is 0 Å². The molecule has 0 aromatic heterocycles. The molecule has 0 aliphatic carbocycles. The Balaban J connectivity index is 2.07. The van der Waals surface area contributed by atoms with Crippen LogP contribution in [0.25, 0.3) is 0 Å². The lowest BCUT2D eigenvalue weighted by Gasteiger charge is -2.31. The summed E-state index contributed by atoms with van der Waals surface area (Å²) in [7, 11) is 0. The topological polar surface area (TPSA) is 35.6 Å². The Bertz CT molecular complexity index is 356. The number of nitrogens with zero attached hydrogens (tertiary/aromatic N) is 2. The number of likely N-dealkylation sites (tertiary alicyclic amines) is 1. The maximum absolute atomic E-state index is 12.8. The lowest BCUT2D eigenvalue weighted by molar-refractivity contribution is -0.131. The second-order valence-corrected chi connectivity index (χ2v) is 7.45. The van der Waals surface area contributed by atoms with Crippen molar-refractivity contribution in [2.45, 2.75) is 72.1 Å². The van der Waals surface area contributed by atoms with Crippen LogP contribution in [-0.2, 0) is 4.79 Å². The highest BCUT2D eigenvalue weighted by Crippen LogP contribution is 2.25. The van der Waals surface area contributed by atoms with Crippen molar-refractivity contribution in [1.82, 2.24) is 15.1 Å². The second kappa shape index (κ2) is 7.10. The predicted molar refractivity (Wildman–Crippen MR) is 87.0 cm³/mol. The van der Waals surface area contributed by atoms with E-state index in [9.17, 15) is 4.79 Å². The van der Waals surface area contributed by atoms with E-state index in [1.54, 1.807) is 0 Å². The first-order valence-electron chi connectivity index (χ1n) is 8.74. The van der Waals surface area contributed by atoms with Gasteiger partial charge in [-0.05, 0) is 44.2 Å². The average Bonchev–Trinajstić information content (AvgIpc) is 2.97. The smallest absolute Gasteiger partial charge is 0.241 e. The minimum absolute atomic E-state index is 0.00484. The number of carbonyl (C=O) groups is 1. The lowest BCUT2D eigenvalue weighted by atomic mass is 10.0. The van der Waals surface area contributed by atoms with Gasteiger partial charge >= 0.3 is 0 Å². The van der Waals surface area contributed by atoms with Crippen molar-refractivity contribution in [1.29, 1.82) is 0 Å². The molecule has 2 saturated heterocycles. The van der Waals surface area contributed by atoms with Crippen LogP contribution in [0.1, 0.15) is 53.9 Å². The molecule has 2 rings (SSSR count). The molecule has 2 aliphatic heterocycles. The quantitative estimate of drug-likeness (QED) is 0.817. The molecule has 3 atom stereocenters. The highest BCUT2D eigenvalue weighted by Gasteiger charge is 2.42. The van der Waals surface area contributed by atoms with Crippen LogP contribution in [-0.4, -0.2) is 53.6 Å². The number of hydrogen-bond acceptors (Lipinski definition) is 3. The minimum atomic E-state index is 0.00484. The van der Waals surface area contributed by atoms with Crippen molar-refractivity contribution in [3.63, 3.8) is 0 Å². The molecule has 0 spiro atoms. The van der Waals surface area contributed by atoms with E-state index in [4.69, 9.17) is 0 Å². The predicted octanol–water partition coefficient (Wildman–Crippen LogP) is 2.30. The molecule has 3 unspecified atom stereocenters. The second-order valence-electron chi connectivity index (χ2n) is 7.45. The maximum atomic E-state index is 12.8. The van der Waals surface area contributed by atoms with Gasteiger partial charge < -0.3 is 4.90 Å². The van der Waals surface area contributed by atoms with Crippen LogP contribution in [0.5, 0.6) is 0 Å². The maximum Gasteiger partial charge on any atom is 0.241 e. The summed E-state index contributed by atoms with van der Waals surface area (Å²) in [6.07, 6.45) is 3.78. The third kappa shape index (κ3) is 3.78. The largest absolute Gasteiger partial charge is 0.324 e. The van der Waals surface area contributed by atoms with Crippen LogP contribution in [0.2, 0.25) is 0 Å². The summed E-state index contributed by atoms with van der Waals surface area (Å²) in [6.45, 7) is 14.2. The summed E-state index contributed by atoms with van der Waals surface area (Å²) in [5, 5.41) is 3.59. The van der Waals surface area contributed by atoms with E-state index in [1.165, 1.54) is 19.4 Å². The third-order valence-electron chi connectivity index (χ3n) is 4.97. The standard InChI is InChI=1S/C17H33N3O/c1-6-19-9-7-8-14(19)11-20-15(10-12(2)3)18-16(13(4)5)17(20)21/h12-16,18H,6-11H2,1-5H3. The summed E-state index contributed by atoms with van der Waals surface area (Å²) < 4.78 is 0. The molecule has 0 saturated carbocycles. The van der Waals surface area contributed by atoms with Crippen molar-refractivity contribution < 1.29 is 4.79 Å². The van der Waals surface area contributed by atoms with Crippen LogP contribution in [0, 0.1) is 11.8 Å². The van der Waals surface area contributed by atoms with E-state index in [0.29, 0.717) is 23.8 Å². The van der Waals surface area contributed by atoms with Gasteiger partial charge in [0.15, 0.2) is 0 Å². The van der Waals surface area contributed by atoms with E-state index in [1.807, 2.05) is 0 Å². The fourth-order valence-corrected chi connectivity index (χ4v) is 3.78. The van der Waals surface area contributed by atoms with Crippen LogP contribution < -0.4 is 5.32 Å². The Labute approximate surface area is 130 Å². The molecule has 1 N–H and O–H groups in total. The molecule has 4 heteroatoms. The molecule has 0 bridgehead atoms. The third-order valence-corrected chi connectivity index (χ3v) is 4.97.